The number of anilines is 1. The smallest absolute Gasteiger partial charge is 0.270 e. The number of hydrogen-bond donors (Lipinski definition) is 3. The van der Waals surface area contributed by atoms with Gasteiger partial charge in [0.15, 0.2) is 0 Å². The molecule has 7 heteroatoms. The highest BCUT2D eigenvalue weighted by Gasteiger charge is 2.55. The molecular formula is C25H38N4O3. The maximum atomic E-state index is 13.2. The third-order valence-electron chi connectivity index (χ3n) is 8.12. The third-order valence-corrected chi connectivity index (χ3v) is 8.12. The van der Waals surface area contributed by atoms with Gasteiger partial charge in [-0.1, -0.05) is 6.07 Å². The summed E-state index contributed by atoms with van der Waals surface area (Å²) in [6, 6.07) is 6.12. The van der Waals surface area contributed by atoms with Gasteiger partial charge in [-0.2, -0.15) is 0 Å². The zero-order valence-electron chi connectivity index (χ0n) is 19.6. The molecule has 7 nitrogen and oxygen atoms in total. The molecule has 2 unspecified atom stereocenters. The van der Waals surface area contributed by atoms with Crippen molar-refractivity contribution in [3.8, 4) is 0 Å². The summed E-state index contributed by atoms with van der Waals surface area (Å²) < 4.78 is 0. The van der Waals surface area contributed by atoms with E-state index in [2.05, 4.69) is 22.0 Å². The second-order valence-corrected chi connectivity index (χ2v) is 11.7. The van der Waals surface area contributed by atoms with Crippen molar-refractivity contribution >= 4 is 11.7 Å². The minimum atomic E-state index is -0.703. The molecule has 6 rings (SSSR count). The van der Waals surface area contributed by atoms with Gasteiger partial charge < -0.3 is 20.4 Å². The monoisotopic (exact) mass is 442 g/mol. The van der Waals surface area contributed by atoms with Gasteiger partial charge in [-0.15, -0.1) is 0 Å². The number of nitrogens with one attached hydrogen (secondary N) is 1. The summed E-state index contributed by atoms with van der Waals surface area (Å²) in [5, 5.41) is 24.2. The van der Waals surface area contributed by atoms with Gasteiger partial charge in [-0.25, -0.2) is 4.98 Å². The van der Waals surface area contributed by atoms with E-state index in [1.54, 1.807) is 6.07 Å². The lowest BCUT2D eigenvalue weighted by Crippen LogP contribution is -2.61. The summed E-state index contributed by atoms with van der Waals surface area (Å²) in [4.78, 5) is 22.4. The van der Waals surface area contributed by atoms with Crippen LogP contribution >= 0.6 is 0 Å². The maximum absolute atomic E-state index is 13.2. The first-order valence-corrected chi connectivity index (χ1v) is 12.3. The van der Waals surface area contributed by atoms with Crippen LogP contribution in [0.3, 0.4) is 0 Å². The highest BCUT2D eigenvalue weighted by Crippen LogP contribution is 2.55. The molecular weight excluding hydrogens is 404 g/mol. The maximum Gasteiger partial charge on any atom is 0.270 e. The van der Waals surface area contributed by atoms with Crippen molar-refractivity contribution in [2.24, 2.45) is 17.8 Å². The Morgan fingerprint density at radius 2 is 1.94 bits per heavy atom. The number of β-amino-alcohol motifs (C(OH)–C–C–N with tert-alkyl or cyclic N) is 1. The van der Waals surface area contributed by atoms with Crippen molar-refractivity contribution in [3.05, 3.63) is 23.9 Å². The Bertz CT molecular complexity index is 853. The summed E-state index contributed by atoms with van der Waals surface area (Å²) in [7, 11) is 0. The Kier molecular flexibility index (Phi) is 5.50. The highest BCUT2D eigenvalue weighted by molar-refractivity contribution is 5.93. The number of pyridine rings is 1. The minimum absolute atomic E-state index is 0.0929. The molecule has 5 fully saturated rings. The van der Waals surface area contributed by atoms with Gasteiger partial charge in [-0.05, 0) is 82.8 Å². The molecule has 176 valence electrons. The zero-order chi connectivity index (χ0) is 22.7. The number of carbonyl (C=O) groups is 1. The summed E-state index contributed by atoms with van der Waals surface area (Å²) in [6.45, 7) is 9.06. The molecule has 5 aliphatic rings. The average Bonchev–Trinajstić information content (AvgIpc) is 2.68. The lowest BCUT2D eigenvalue weighted by Gasteiger charge is -2.58. The van der Waals surface area contributed by atoms with Crippen molar-refractivity contribution < 1.29 is 15.0 Å². The van der Waals surface area contributed by atoms with Crippen LogP contribution in [0.5, 0.6) is 0 Å². The van der Waals surface area contributed by atoms with Crippen molar-refractivity contribution in [2.75, 3.05) is 31.1 Å². The van der Waals surface area contributed by atoms with Crippen LogP contribution in [-0.4, -0.2) is 75.5 Å². The number of aromatic nitrogens is 1. The van der Waals surface area contributed by atoms with E-state index in [-0.39, 0.29) is 18.0 Å². The van der Waals surface area contributed by atoms with E-state index >= 15 is 0 Å². The van der Waals surface area contributed by atoms with Crippen molar-refractivity contribution in [1.29, 1.82) is 0 Å². The normalized spacial score (nSPS) is 37.0. The fraction of sp³-hybridized carbons (Fsp3) is 0.760. The molecule has 1 aromatic rings. The van der Waals surface area contributed by atoms with Crippen LogP contribution in [0.15, 0.2) is 18.2 Å². The van der Waals surface area contributed by atoms with Crippen LogP contribution in [0.4, 0.5) is 5.82 Å². The number of amides is 1. The van der Waals surface area contributed by atoms with Crippen LogP contribution in [0.1, 0.15) is 63.4 Å². The van der Waals surface area contributed by atoms with Crippen LogP contribution in [-0.2, 0) is 0 Å². The second-order valence-electron chi connectivity index (χ2n) is 11.7. The van der Waals surface area contributed by atoms with Crippen molar-refractivity contribution in [3.63, 3.8) is 0 Å². The molecule has 0 radical (unpaired) electrons. The quantitative estimate of drug-likeness (QED) is 0.647. The van der Waals surface area contributed by atoms with Gasteiger partial charge in [0.1, 0.15) is 11.5 Å². The summed E-state index contributed by atoms with van der Waals surface area (Å²) in [6.07, 6.45) is 4.86. The predicted molar refractivity (Wildman–Crippen MR) is 124 cm³/mol. The third kappa shape index (κ3) is 4.39. The minimum Gasteiger partial charge on any atom is -0.390 e. The van der Waals surface area contributed by atoms with Gasteiger partial charge in [-0.3, -0.25) is 9.69 Å². The molecule has 1 aromatic heterocycles. The molecule has 4 saturated carbocycles. The molecule has 1 saturated heterocycles. The molecule has 0 spiro atoms. The number of aliphatic hydroxyl groups is 2. The Morgan fingerprint density at radius 1 is 1.22 bits per heavy atom. The van der Waals surface area contributed by atoms with E-state index < -0.39 is 11.2 Å². The van der Waals surface area contributed by atoms with Crippen molar-refractivity contribution in [1.82, 2.24) is 15.2 Å². The van der Waals surface area contributed by atoms with Crippen LogP contribution < -0.4 is 10.2 Å². The number of carbonyl (C=O) groups excluding carboxylic acids is 1. The number of hydrogen-bond acceptors (Lipinski definition) is 6. The van der Waals surface area contributed by atoms with E-state index in [1.165, 1.54) is 0 Å². The lowest BCUT2D eigenvalue weighted by atomic mass is 9.52. The fourth-order valence-electron chi connectivity index (χ4n) is 7.22. The molecule has 32 heavy (non-hydrogen) atoms. The standard InChI is InChI=1S/C25H38N4O3/c1-16-14-28(15-24(2,3)31)7-8-29(16)21-6-4-5-20(26-21)23(30)27-22-18-9-17-10-19(22)13-25(32,11-17)12-18/h4-6,16-19,22,31-32H,7-15H2,1-3H3,(H,27,30)/t16-,17?,18?,19?,22?,25?/m1/s1. The molecule has 3 N–H and O–H groups in total. The lowest BCUT2D eigenvalue weighted by molar-refractivity contribution is -0.136. The summed E-state index contributed by atoms with van der Waals surface area (Å²) in [5.41, 5.74) is -0.716. The SMILES string of the molecule is C[C@@H]1CN(CC(C)(C)O)CCN1c1cccc(C(=O)NC2C3CC4CC2CC(O)(C4)C3)n1. The van der Waals surface area contributed by atoms with E-state index in [9.17, 15) is 15.0 Å². The Hall–Kier alpha value is -1.70. The largest absolute Gasteiger partial charge is 0.390 e. The Morgan fingerprint density at radius 3 is 2.56 bits per heavy atom. The van der Waals surface area contributed by atoms with Crippen molar-refractivity contribution in [2.45, 2.75) is 76.2 Å². The molecule has 1 amide bonds. The second kappa shape index (κ2) is 7.96. The van der Waals surface area contributed by atoms with Gasteiger partial charge in [0.2, 0.25) is 0 Å². The number of nitrogens with zero attached hydrogens (tertiary/aromatic N) is 3. The van der Waals surface area contributed by atoms with E-state index in [0.717, 1.165) is 57.6 Å². The predicted octanol–water partition coefficient (Wildman–Crippen LogP) is 2.03. The first kappa shape index (κ1) is 22.1. The average molecular weight is 443 g/mol. The van der Waals surface area contributed by atoms with Gasteiger partial charge in [0.05, 0.1) is 11.2 Å². The van der Waals surface area contributed by atoms with E-state index in [0.29, 0.717) is 30.0 Å². The van der Waals surface area contributed by atoms with Crippen LogP contribution in [0.25, 0.3) is 0 Å². The number of rotatable bonds is 5. The van der Waals surface area contributed by atoms with Crippen LogP contribution in [0, 0.1) is 17.8 Å². The highest BCUT2D eigenvalue weighted by atomic mass is 16.3. The molecule has 1 aliphatic heterocycles. The first-order valence-electron chi connectivity index (χ1n) is 12.3. The summed E-state index contributed by atoms with van der Waals surface area (Å²) >= 11 is 0. The molecule has 4 aliphatic carbocycles. The topological polar surface area (TPSA) is 88.9 Å². The van der Waals surface area contributed by atoms with E-state index in [4.69, 9.17) is 4.98 Å². The Labute approximate surface area is 191 Å². The number of piperazine rings is 1. The fourth-order valence-corrected chi connectivity index (χ4v) is 7.22. The molecule has 2 heterocycles. The first-order chi connectivity index (χ1) is 15.1. The van der Waals surface area contributed by atoms with Crippen LogP contribution in [0.2, 0.25) is 0 Å². The van der Waals surface area contributed by atoms with Gasteiger partial charge in [0.25, 0.3) is 5.91 Å². The van der Waals surface area contributed by atoms with Gasteiger partial charge >= 0.3 is 0 Å². The summed E-state index contributed by atoms with van der Waals surface area (Å²) in [5.74, 6) is 2.16. The van der Waals surface area contributed by atoms with E-state index in [1.807, 2.05) is 26.0 Å². The molecule has 0 aromatic carbocycles. The molecule has 4 bridgehead atoms. The zero-order valence-corrected chi connectivity index (χ0v) is 19.6. The molecule has 3 atom stereocenters. The Balaban J connectivity index is 1.24. The van der Waals surface area contributed by atoms with Gasteiger partial charge in [0, 0.05) is 38.3 Å².